The van der Waals surface area contributed by atoms with E-state index in [1.54, 1.807) is 54.6 Å². The van der Waals surface area contributed by atoms with Gasteiger partial charge in [0.2, 0.25) is 0 Å². The number of carbonyl (C=O) groups excluding carboxylic acids is 1. The molecule has 0 heterocycles. The Morgan fingerprint density at radius 3 is 2.30 bits per heavy atom. The number of hydrogen-bond acceptors (Lipinski definition) is 5. The summed E-state index contributed by atoms with van der Waals surface area (Å²) in [7, 11) is 0. The van der Waals surface area contributed by atoms with Crippen molar-refractivity contribution in [1.29, 1.82) is 0 Å². The predicted octanol–water partition coefficient (Wildman–Crippen LogP) is 7.63. The molecule has 7 heteroatoms. The van der Waals surface area contributed by atoms with Crippen LogP contribution in [-0.2, 0) is 11.2 Å². The zero-order chi connectivity index (χ0) is 30.7. The Hall–Kier alpha value is -4.65. The number of halogens is 1. The fraction of sp³-hybridized carbons (Fsp3) is 0.297. The molecule has 0 aliphatic heterocycles. The summed E-state index contributed by atoms with van der Waals surface area (Å²) >= 11 is 0. The SMILES string of the molecule is O=C(c1ccccc1)c1ccccc1N[C@@H](Cc1ccc(OCCCN(CC2CCCC2)c2ccccc2F)cc1)C(=O)O. The lowest BCUT2D eigenvalue weighted by Gasteiger charge is -2.28. The van der Waals surface area contributed by atoms with Gasteiger partial charge in [-0.05, 0) is 67.1 Å². The maximum absolute atomic E-state index is 14.6. The number of carbonyl (C=O) groups is 2. The molecule has 0 aromatic heterocycles. The molecule has 5 rings (SSSR count). The van der Waals surface area contributed by atoms with Gasteiger partial charge in [-0.25, -0.2) is 9.18 Å². The zero-order valence-electron chi connectivity index (χ0n) is 24.8. The fourth-order valence-corrected chi connectivity index (χ4v) is 5.87. The van der Waals surface area contributed by atoms with Crippen LogP contribution in [0.1, 0.15) is 53.6 Å². The molecule has 0 saturated heterocycles. The summed E-state index contributed by atoms with van der Waals surface area (Å²) in [6.45, 7) is 2.05. The maximum Gasteiger partial charge on any atom is 0.326 e. The smallest absolute Gasteiger partial charge is 0.326 e. The van der Waals surface area contributed by atoms with Gasteiger partial charge in [0.1, 0.15) is 17.6 Å². The maximum atomic E-state index is 14.6. The molecule has 2 N–H and O–H groups in total. The van der Waals surface area contributed by atoms with Gasteiger partial charge in [-0.1, -0.05) is 79.6 Å². The van der Waals surface area contributed by atoms with E-state index in [0.29, 0.717) is 47.3 Å². The number of carboxylic acid groups (broad SMARTS) is 1. The van der Waals surface area contributed by atoms with Crippen molar-refractivity contribution in [3.8, 4) is 5.75 Å². The van der Waals surface area contributed by atoms with Crippen LogP contribution in [0.15, 0.2) is 103 Å². The number of anilines is 2. The van der Waals surface area contributed by atoms with Crippen molar-refractivity contribution in [3.63, 3.8) is 0 Å². The highest BCUT2D eigenvalue weighted by Crippen LogP contribution is 2.29. The van der Waals surface area contributed by atoms with Crippen LogP contribution in [0.25, 0.3) is 0 Å². The van der Waals surface area contributed by atoms with E-state index in [1.165, 1.54) is 31.7 Å². The minimum Gasteiger partial charge on any atom is -0.494 e. The van der Waals surface area contributed by atoms with Gasteiger partial charge in [-0.2, -0.15) is 0 Å². The second-order valence-electron chi connectivity index (χ2n) is 11.4. The van der Waals surface area contributed by atoms with Crippen LogP contribution in [0.3, 0.4) is 0 Å². The van der Waals surface area contributed by atoms with Crippen LogP contribution in [0.4, 0.5) is 15.8 Å². The minimum absolute atomic E-state index is 0.171. The van der Waals surface area contributed by atoms with E-state index in [0.717, 1.165) is 18.5 Å². The topological polar surface area (TPSA) is 78.9 Å². The second kappa shape index (κ2) is 15.2. The lowest BCUT2D eigenvalue weighted by molar-refractivity contribution is -0.137. The first-order chi connectivity index (χ1) is 21.5. The Labute approximate surface area is 258 Å². The standard InChI is InChI=1S/C37H39FN2O4/c38-32-16-7-9-18-35(32)40(26-28-11-4-5-12-28)23-10-24-44-30-21-19-27(20-22-30)25-34(37(42)43)39-33-17-8-6-15-31(33)36(41)29-13-2-1-3-14-29/h1-3,6-9,13-22,28,34,39H,4-5,10-12,23-26H2,(H,42,43)/t34-/m0/s1. The molecular weight excluding hydrogens is 555 g/mol. The van der Waals surface area contributed by atoms with Gasteiger partial charge in [0.15, 0.2) is 5.78 Å². The van der Waals surface area contributed by atoms with Crippen LogP contribution in [0, 0.1) is 11.7 Å². The molecule has 0 bridgehead atoms. The van der Waals surface area contributed by atoms with E-state index >= 15 is 0 Å². The van der Waals surface area contributed by atoms with Gasteiger partial charge < -0.3 is 20.1 Å². The lowest BCUT2D eigenvalue weighted by atomic mass is 10.00. The molecule has 4 aromatic carbocycles. The Balaban J connectivity index is 1.16. The number of aliphatic carboxylic acids is 1. The largest absolute Gasteiger partial charge is 0.494 e. The van der Waals surface area contributed by atoms with Crippen LogP contribution in [0.5, 0.6) is 5.75 Å². The van der Waals surface area contributed by atoms with Crippen molar-refractivity contribution in [2.75, 3.05) is 29.9 Å². The molecule has 1 aliphatic rings. The Bertz CT molecular complexity index is 1520. The fourth-order valence-electron chi connectivity index (χ4n) is 5.87. The van der Waals surface area contributed by atoms with Crippen molar-refractivity contribution in [2.24, 2.45) is 5.92 Å². The van der Waals surface area contributed by atoms with Crippen LogP contribution in [-0.4, -0.2) is 42.6 Å². The van der Waals surface area contributed by atoms with Crippen molar-refractivity contribution in [2.45, 2.75) is 44.6 Å². The van der Waals surface area contributed by atoms with Gasteiger partial charge in [-0.3, -0.25) is 4.79 Å². The van der Waals surface area contributed by atoms with Crippen LogP contribution in [0.2, 0.25) is 0 Å². The van der Waals surface area contributed by atoms with E-state index < -0.39 is 12.0 Å². The molecular formula is C37H39FN2O4. The number of hydrogen-bond donors (Lipinski definition) is 2. The highest BCUT2D eigenvalue weighted by molar-refractivity contribution is 6.12. The number of ketones is 1. The molecule has 0 unspecified atom stereocenters. The Morgan fingerprint density at radius 1 is 0.886 bits per heavy atom. The predicted molar refractivity (Wildman–Crippen MR) is 172 cm³/mol. The summed E-state index contributed by atoms with van der Waals surface area (Å²) in [6, 6.07) is 29.3. The second-order valence-corrected chi connectivity index (χ2v) is 11.4. The number of nitrogens with one attached hydrogen (secondary N) is 1. The quantitative estimate of drug-likeness (QED) is 0.109. The van der Waals surface area contributed by atoms with Gasteiger partial charge in [0.25, 0.3) is 0 Å². The summed E-state index contributed by atoms with van der Waals surface area (Å²) in [5, 5.41) is 13.0. The van der Waals surface area contributed by atoms with E-state index in [2.05, 4.69) is 10.2 Å². The molecule has 0 amide bonds. The third-order valence-corrected chi connectivity index (χ3v) is 8.19. The average Bonchev–Trinajstić information content (AvgIpc) is 3.57. The Kier molecular flexibility index (Phi) is 10.6. The van der Waals surface area contributed by atoms with Gasteiger partial charge in [0, 0.05) is 36.3 Å². The summed E-state index contributed by atoms with van der Waals surface area (Å²) in [5.41, 5.74) is 2.92. The lowest BCUT2D eigenvalue weighted by Crippen LogP contribution is -2.32. The first-order valence-electron chi connectivity index (χ1n) is 15.4. The number of carboxylic acids is 1. The van der Waals surface area contributed by atoms with Crippen molar-refractivity contribution < 1.29 is 23.8 Å². The first kappa shape index (κ1) is 30.8. The molecule has 1 saturated carbocycles. The molecule has 4 aromatic rings. The van der Waals surface area contributed by atoms with E-state index in [-0.39, 0.29) is 18.0 Å². The molecule has 44 heavy (non-hydrogen) atoms. The van der Waals surface area contributed by atoms with Crippen LogP contribution < -0.4 is 15.0 Å². The molecule has 1 aliphatic carbocycles. The molecule has 228 valence electrons. The zero-order valence-corrected chi connectivity index (χ0v) is 24.8. The number of ether oxygens (including phenoxy) is 1. The number of para-hydroxylation sites is 2. The summed E-state index contributed by atoms with van der Waals surface area (Å²) in [6.07, 6.45) is 5.87. The molecule has 1 atom stereocenters. The number of rotatable bonds is 15. The molecule has 0 radical (unpaired) electrons. The first-order valence-corrected chi connectivity index (χ1v) is 15.4. The van der Waals surface area contributed by atoms with Gasteiger partial charge in [-0.15, -0.1) is 0 Å². The summed E-state index contributed by atoms with van der Waals surface area (Å²) in [5.74, 6) is -0.0766. The van der Waals surface area contributed by atoms with E-state index in [9.17, 15) is 19.1 Å². The number of nitrogens with zero attached hydrogens (tertiary/aromatic N) is 1. The Morgan fingerprint density at radius 2 is 1.57 bits per heavy atom. The molecule has 6 nitrogen and oxygen atoms in total. The third-order valence-electron chi connectivity index (χ3n) is 8.19. The molecule has 0 spiro atoms. The number of benzene rings is 4. The van der Waals surface area contributed by atoms with Crippen molar-refractivity contribution in [1.82, 2.24) is 0 Å². The normalized spacial score (nSPS) is 13.8. The van der Waals surface area contributed by atoms with E-state index in [4.69, 9.17) is 4.74 Å². The molecule has 1 fully saturated rings. The highest BCUT2D eigenvalue weighted by Gasteiger charge is 2.22. The summed E-state index contributed by atoms with van der Waals surface area (Å²) < 4.78 is 20.6. The van der Waals surface area contributed by atoms with Crippen molar-refractivity contribution in [3.05, 3.63) is 126 Å². The van der Waals surface area contributed by atoms with Crippen molar-refractivity contribution >= 4 is 23.1 Å². The monoisotopic (exact) mass is 594 g/mol. The van der Waals surface area contributed by atoms with E-state index in [1.807, 2.05) is 42.5 Å². The average molecular weight is 595 g/mol. The third kappa shape index (κ3) is 8.25. The summed E-state index contributed by atoms with van der Waals surface area (Å²) in [4.78, 5) is 27.4. The highest BCUT2D eigenvalue weighted by atomic mass is 19.1. The van der Waals surface area contributed by atoms with Crippen LogP contribution >= 0.6 is 0 Å². The van der Waals surface area contributed by atoms with Gasteiger partial charge >= 0.3 is 5.97 Å². The minimum atomic E-state index is -1.01. The van der Waals surface area contributed by atoms with Gasteiger partial charge in [0.05, 0.1) is 12.3 Å².